The quantitative estimate of drug-likeness (QED) is 0.638. The molecule has 2 aromatic carbocycles. The van der Waals surface area contributed by atoms with E-state index in [4.69, 9.17) is 0 Å². The molecule has 0 saturated heterocycles. The molecule has 1 N–H and O–H groups in total. The summed E-state index contributed by atoms with van der Waals surface area (Å²) in [7, 11) is 0. The summed E-state index contributed by atoms with van der Waals surface area (Å²) in [5.41, 5.74) is -0.934. The Labute approximate surface area is 119 Å². The second-order valence-corrected chi connectivity index (χ2v) is 4.72. The van der Waals surface area contributed by atoms with Crippen LogP contribution in [0.5, 0.6) is 0 Å². The van der Waals surface area contributed by atoms with Gasteiger partial charge in [-0.2, -0.15) is 0 Å². The summed E-state index contributed by atoms with van der Waals surface area (Å²) in [6.45, 7) is 0. The maximum Gasteiger partial charge on any atom is 0.258 e. The van der Waals surface area contributed by atoms with E-state index in [9.17, 15) is 22.4 Å². The van der Waals surface area contributed by atoms with E-state index in [-0.39, 0.29) is 5.56 Å². The molecule has 20 heavy (non-hydrogen) atoms. The van der Waals surface area contributed by atoms with Crippen LogP contribution in [0.4, 0.5) is 23.2 Å². The molecule has 0 atom stereocenters. The first-order valence-corrected chi connectivity index (χ1v) is 6.09. The van der Waals surface area contributed by atoms with Crippen molar-refractivity contribution in [3.63, 3.8) is 0 Å². The van der Waals surface area contributed by atoms with E-state index in [1.165, 1.54) is 12.1 Å². The van der Waals surface area contributed by atoms with Gasteiger partial charge in [-0.05, 0) is 30.3 Å². The molecule has 2 nitrogen and oxygen atoms in total. The van der Waals surface area contributed by atoms with Crippen LogP contribution in [-0.2, 0) is 0 Å². The fourth-order valence-corrected chi connectivity index (χ4v) is 1.84. The predicted molar refractivity (Wildman–Crippen MR) is 68.4 cm³/mol. The Balaban J connectivity index is 2.33. The Morgan fingerprint density at radius 2 is 1.60 bits per heavy atom. The number of halogens is 5. The number of hydrogen-bond donors (Lipinski definition) is 1. The van der Waals surface area contributed by atoms with Gasteiger partial charge in [0.1, 0.15) is 5.82 Å². The maximum atomic E-state index is 13.5. The van der Waals surface area contributed by atoms with E-state index in [1.807, 2.05) is 5.32 Å². The van der Waals surface area contributed by atoms with Crippen LogP contribution in [-0.4, -0.2) is 5.91 Å². The SMILES string of the molecule is O=C(Nc1ccc(F)c(F)c1F)c1cc(Br)ccc1F. The van der Waals surface area contributed by atoms with Crippen molar-refractivity contribution in [2.24, 2.45) is 0 Å². The second-order valence-electron chi connectivity index (χ2n) is 3.80. The standard InChI is InChI=1S/C13H6BrF4NO/c14-6-1-2-8(15)7(5-6)13(20)19-10-4-3-9(16)11(17)12(10)18/h1-5H,(H,19,20). The highest BCUT2D eigenvalue weighted by Crippen LogP contribution is 2.22. The summed E-state index contributed by atoms with van der Waals surface area (Å²) in [5, 5.41) is 1.98. The van der Waals surface area contributed by atoms with Crippen LogP contribution < -0.4 is 5.32 Å². The van der Waals surface area contributed by atoms with Crippen LogP contribution in [0.15, 0.2) is 34.8 Å². The van der Waals surface area contributed by atoms with E-state index in [0.29, 0.717) is 10.5 Å². The third-order valence-corrected chi connectivity index (χ3v) is 2.95. The molecule has 0 heterocycles. The average molecular weight is 348 g/mol. The molecule has 0 unspecified atom stereocenters. The minimum absolute atomic E-state index is 0.358. The number of nitrogens with one attached hydrogen (secondary N) is 1. The molecule has 0 aromatic heterocycles. The highest BCUT2D eigenvalue weighted by Gasteiger charge is 2.18. The van der Waals surface area contributed by atoms with Crippen LogP contribution in [0.25, 0.3) is 0 Å². The van der Waals surface area contributed by atoms with Crippen molar-refractivity contribution < 1.29 is 22.4 Å². The Bertz CT molecular complexity index is 690. The van der Waals surface area contributed by atoms with Gasteiger partial charge >= 0.3 is 0 Å². The van der Waals surface area contributed by atoms with Crippen LogP contribution in [0, 0.1) is 23.3 Å². The van der Waals surface area contributed by atoms with Crippen molar-refractivity contribution >= 4 is 27.5 Å². The smallest absolute Gasteiger partial charge is 0.258 e. The van der Waals surface area contributed by atoms with E-state index >= 15 is 0 Å². The molecule has 2 aromatic rings. The van der Waals surface area contributed by atoms with Gasteiger partial charge in [-0.1, -0.05) is 15.9 Å². The van der Waals surface area contributed by atoms with Gasteiger partial charge in [-0.15, -0.1) is 0 Å². The lowest BCUT2D eigenvalue weighted by Gasteiger charge is -2.08. The number of amides is 1. The number of hydrogen-bond acceptors (Lipinski definition) is 1. The highest BCUT2D eigenvalue weighted by atomic mass is 79.9. The number of benzene rings is 2. The Morgan fingerprint density at radius 3 is 2.30 bits per heavy atom. The zero-order valence-electron chi connectivity index (χ0n) is 9.68. The molecule has 0 saturated carbocycles. The van der Waals surface area contributed by atoms with Crippen molar-refractivity contribution in [1.82, 2.24) is 0 Å². The van der Waals surface area contributed by atoms with Gasteiger partial charge in [0.15, 0.2) is 17.5 Å². The lowest BCUT2D eigenvalue weighted by atomic mass is 10.2. The first-order chi connectivity index (χ1) is 9.40. The molecular formula is C13H6BrF4NO. The summed E-state index contributed by atoms with van der Waals surface area (Å²) >= 11 is 3.06. The van der Waals surface area contributed by atoms with E-state index in [2.05, 4.69) is 15.9 Å². The zero-order valence-corrected chi connectivity index (χ0v) is 11.3. The van der Waals surface area contributed by atoms with E-state index < -0.39 is 34.9 Å². The van der Waals surface area contributed by atoms with Crippen LogP contribution in [0.2, 0.25) is 0 Å². The second kappa shape index (κ2) is 5.62. The molecular weight excluding hydrogens is 342 g/mol. The third-order valence-electron chi connectivity index (χ3n) is 2.46. The molecule has 0 aliphatic heterocycles. The van der Waals surface area contributed by atoms with Crippen molar-refractivity contribution in [2.45, 2.75) is 0 Å². The average Bonchev–Trinajstić information content (AvgIpc) is 2.42. The van der Waals surface area contributed by atoms with Gasteiger partial charge in [0.2, 0.25) is 0 Å². The maximum absolute atomic E-state index is 13.5. The zero-order chi connectivity index (χ0) is 14.9. The topological polar surface area (TPSA) is 29.1 Å². The van der Waals surface area contributed by atoms with E-state index in [0.717, 1.165) is 12.1 Å². The first-order valence-electron chi connectivity index (χ1n) is 5.30. The molecule has 1 amide bonds. The summed E-state index contributed by atoms with van der Waals surface area (Å²) in [5.74, 6) is -6.44. The van der Waals surface area contributed by atoms with Crippen LogP contribution in [0.3, 0.4) is 0 Å². The predicted octanol–water partition coefficient (Wildman–Crippen LogP) is 4.26. The lowest BCUT2D eigenvalue weighted by Crippen LogP contribution is -2.15. The molecule has 104 valence electrons. The van der Waals surface area contributed by atoms with Crippen molar-refractivity contribution in [2.75, 3.05) is 5.32 Å². The Morgan fingerprint density at radius 1 is 0.950 bits per heavy atom. The monoisotopic (exact) mass is 347 g/mol. The summed E-state index contributed by atoms with van der Waals surface area (Å²) in [6, 6.07) is 5.11. The first kappa shape index (κ1) is 14.5. The molecule has 0 aliphatic carbocycles. The van der Waals surface area contributed by atoms with Crippen LogP contribution >= 0.6 is 15.9 Å². The third kappa shape index (κ3) is 2.82. The summed E-state index contributed by atoms with van der Waals surface area (Å²) in [6.07, 6.45) is 0. The number of rotatable bonds is 2. The molecule has 0 bridgehead atoms. The molecule has 7 heteroatoms. The summed E-state index contributed by atoms with van der Waals surface area (Å²) in [4.78, 5) is 11.8. The molecule has 0 fully saturated rings. The van der Waals surface area contributed by atoms with Gasteiger partial charge in [0, 0.05) is 4.47 Å². The molecule has 0 spiro atoms. The Hall–Kier alpha value is -1.89. The number of carbonyl (C=O) groups excluding carboxylic acids is 1. The molecule has 2 rings (SSSR count). The van der Waals surface area contributed by atoms with Crippen molar-refractivity contribution in [1.29, 1.82) is 0 Å². The van der Waals surface area contributed by atoms with Crippen molar-refractivity contribution in [3.05, 3.63) is 63.6 Å². The molecule has 0 aliphatic rings. The van der Waals surface area contributed by atoms with Gasteiger partial charge in [-0.3, -0.25) is 4.79 Å². The minimum atomic E-state index is -1.71. The fourth-order valence-electron chi connectivity index (χ4n) is 1.48. The Kier molecular flexibility index (Phi) is 4.08. The van der Waals surface area contributed by atoms with Gasteiger partial charge < -0.3 is 5.32 Å². The normalized spacial score (nSPS) is 10.4. The molecule has 0 radical (unpaired) electrons. The fraction of sp³-hybridized carbons (Fsp3) is 0. The number of carbonyl (C=O) groups is 1. The largest absolute Gasteiger partial charge is 0.319 e. The highest BCUT2D eigenvalue weighted by molar-refractivity contribution is 9.10. The van der Waals surface area contributed by atoms with Gasteiger partial charge in [0.05, 0.1) is 11.3 Å². The lowest BCUT2D eigenvalue weighted by molar-refractivity contribution is 0.102. The van der Waals surface area contributed by atoms with Gasteiger partial charge in [-0.25, -0.2) is 17.6 Å². The van der Waals surface area contributed by atoms with Crippen molar-refractivity contribution in [3.8, 4) is 0 Å². The van der Waals surface area contributed by atoms with E-state index in [1.54, 1.807) is 0 Å². The van der Waals surface area contributed by atoms with Crippen LogP contribution in [0.1, 0.15) is 10.4 Å². The minimum Gasteiger partial charge on any atom is -0.319 e. The van der Waals surface area contributed by atoms with Gasteiger partial charge in [0.25, 0.3) is 5.91 Å². The summed E-state index contributed by atoms with van der Waals surface area (Å²) < 4.78 is 53.0. The number of anilines is 1.